The summed E-state index contributed by atoms with van der Waals surface area (Å²) in [5.41, 5.74) is 0.0324. The van der Waals surface area contributed by atoms with Crippen LogP contribution in [0.4, 0.5) is 17.6 Å². The standard InChI is InChI=1S/C19H20F4N2O/c1-25(2)17(14-7-9-15(20)10-8-14)18(26)24-12-11-13-5-3-4-6-16(13)19(21,22)23/h3-10,17H,11-12H2,1-2H3,(H,24,26)/t17-/m1/s1. The number of likely N-dealkylation sites (N-methyl/N-ethyl adjacent to an activating group) is 1. The van der Waals surface area contributed by atoms with Gasteiger partial charge in [-0.3, -0.25) is 9.69 Å². The van der Waals surface area contributed by atoms with Crippen LogP contribution in [0.25, 0.3) is 0 Å². The van der Waals surface area contributed by atoms with E-state index < -0.39 is 23.6 Å². The van der Waals surface area contributed by atoms with Crippen LogP contribution in [-0.4, -0.2) is 31.4 Å². The zero-order valence-electron chi connectivity index (χ0n) is 14.5. The Kier molecular flexibility index (Phi) is 6.37. The maximum atomic E-state index is 13.1. The molecule has 0 radical (unpaired) electrons. The molecule has 0 bridgehead atoms. The van der Waals surface area contributed by atoms with Crippen LogP contribution in [0.5, 0.6) is 0 Å². The number of amides is 1. The van der Waals surface area contributed by atoms with Gasteiger partial charge in [-0.2, -0.15) is 13.2 Å². The third-order valence-corrected chi connectivity index (χ3v) is 3.97. The van der Waals surface area contributed by atoms with E-state index in [1.807, 2.05) is 0 Å². The molecule has 1 amide bonds. The second-order valence-electron chi connectivity index (χ2n) is 6.11. The maximum absolute atomic E-state index is 13.1. The highest BCUT2D eigenvalue weighted by Gasteiger charge is 2.32. The van der Waals surface area contributed by atoms with Crippen molar-refractivity contribution in [3.8, 4) is 0 Å². The second kappa shape index (κ2) is 8.31. The fourth-order valence-corrected chi connectivity index (χ4v) is 2.76. The van der Waals surface area contributed by atoms with Crippen molar-refractivity contribution in [2.75, 3.05) is 20.6 Å². The zero-order chi connectivity index (χ0) is 19.3. The average Bonchev–Trinajstić information content (AvgIpc) is 2.56. The molecule has 0 unspecified atom stereocenters. The number of alkyl halides is 3. The molecule has 0 saturated heterocycles. The van der Waals surface area contributed by atoms with E-state index in [0.29, 0.717) is 5.56 Å². The highest BCUT2D eigenvalue weighted by Crippen LogP contribution is 2.31. The first-order valence-electron chi connectivity index (χ1n) is 8.05. The van der Waals surface area contributed by atoms with Crippen molar-refractivity contribution < 1.29 is 22.4 Å². The number of hydrogen-bond acceptors (Lipinski definition) is 2. The second-order valence-corrected chi connectivity index (χ2v) is 6.11. The molecular weight excluding hydrogens is 348 g/mol. The van der Waals surface area contributed by atoms with Crippen molar-refractivity contribution in [3.63, 3.8) is 0 Å². The molecule has 0 spiro atoms. The highest BCUT2D eigenvalue weighted by atomic mass is 19.4. The Labute approximate surface area is 149 Å². The van der Waals surface area contributed by atoms with Crippen LogP contribution in [0, 0.1) is 5.82 Å². The van der Waals surface area contributed by atoms with Gasteiger partial charge in [-0.25, -0.2) is 4.39 Å². The molecule has 1 N–H and O–H groups in total. The molecule has 0 aliphatic rings. The van der Waals surface area contributed by atoms with E-state index in [-0.39, 0.29) is 24.4 Å². The summed E-state index contributed by atoms with van der Waals surface area (Å²) in [5, 5.41) is 2.66. The van der Waals surface area contributed by atoms with Crippen LogP contribution < -0.4 is 5.32 Å². The Balaban J connectivity index is 2.04. The molecule has 7 heteroatoms. The molecule has 0 saturated carbocycles. The number of rotatable bonds is 6. The van der Waals surface area contributed by atoms with Gasteiger partial charge in [-0.1, -0.05) is 30.3 Å². The first kappa shape index (κ1) is 19.9. The van der Waals surface area contributed by atoms with Crippen molar-refractivity contribution in [1.82, 2.24) is 10.2 Å². The Morgan fingerprint density at radius 3 is 2.27 bits per heavy atom. The summed E-state index contributed by atoms with van der Waals surface area (Å²) in [7, 11) is 3.40. The van der Waals surface area contributed by atoms with Gasteiger partial charge in [0, 0.05) is 6.54 Å². The van der Waals surface area contributed by atoms with Crippen LogP contribution >= 0.6 is 0 Å². The molecule has 2 aromatic carbocycles. The molecule has 2 rings (SSSR count). The molecule has 3 nitrogen and oxygen atoms in total. The molecular formula is C19H20F4N2O. The fourth-order valence-electron chi connectivity index (χ4n) is 2.76. The molecule has 26 heavy (non-hydrogen) atoms. The van der Waals surface area contributed by atoms with Gasteiger partial charge in [0.2, 0.25) is 5.91 Å². The van der Waals surface area contributed by atoms with Gasteiger partial charge in [0.25, 0.3) is 0 Å². The molecule has 0 aliphatic carbocycles. The van der Waals surface area contributed by atoms with E-state index in [2.05, 4.69) is 5.32 Å². The minimum atomic E-state index is -4.43. The molecule has 0 aliphatic heterocycles. The smallest absolute Gasteiger partial charge is 0.354 e. The summed E-state index contributed by atoms with van der Waals surface area (Å²) in [6.45, 7) is 0.0669. The highest BCUT2D eigenvalue weighted by molar-refractivity contribution is 5.83. The van der Waals surface area contributed by atoms with Gasteiger partial charge in [-0.15, -0.1) is 0 Å². The lowest BCUT2D eigenvalue weighted by molar-refractivity contribution is -0.138. The monoisotopic (exact) mass is 368 g/mol. The van der Waals surface area contributed by atoms with Gasteiger partial charge in [0.05, 0.1) is 5.56 Å². The number of nitrogens with one attached hydrogen (secondary N) is 1. The number of carbonyl (C=O) groups excluding carboxylic acids is 1. The van der Waals surface area contributed by atoms with Crippen molar-refractivity contribution >= 4 is 5.91 Å². The van der Waals surface area contributed by atoms with E-state index >= 15 is 0 Å². The predicted octanol–water partition coefficient (Wildman–Crippen LogP) is 3.81. The minimum absolute atomic E-state index is 0.0605. The van der Waals surface area contributed by atoms with E-state index in [1.54, 1.807) is 19.0 Å². The third-order valence-electron chi connectivity index (χ3n) is 3.97. The topological polar surface area (TPSA) is 32.3 Å². The van der Waals surface area contributed by atoms with Crippen LogP contribution in [-0.2, 0) is 17.4 Å². The van der Waals surface area contributed by atoms with E-state index in [4.69, 9.17) is 0 Å². The first-order valence-corrected chi connectivity index (χ1v) is 8.05. The Bertz CT molecular complexity index is 742. The van der Waals surface area contributed by atoms with Crippen molar-refractivity contribution in [3.05, 3.63) is 71.0 Å². The van der Waals surface area contributed by atoms with Crippen LogP contribution in [0.2, 0.25) is 0 Å². The van der Waals surface area contributed by atoms with Gasteiger partial charge in [-0.05, 0) is 49.8 Å². The van der Waals surface area contributed by atoms with Crippen molar-refractivity contribution in [2.45, 2.75) is 18.6 Å². The number of benzene rings is 2. The summed E-state index contributed by atoms with van der Waals surface area (Å²) in [6, 6.07) is 10.2. The van der Waals surface area contributed by atoms with Gasteiger partial charge in [0.15, 0.2) is 0 Å². The van der Waals surface area contributed by atoms with Crippen molar-refractivity contribution in [1.29, 1.82) is 0 Å². The molecule has 1 atom stereocenters. The first-order chi connectivity index (χ1) is 12.2. The quantitative estimate of drug-likeness (QED) is 0.787. The van der Waals surface area contributed by atoms with Gasteiger partial charge in [0.1, 0.15) is 11.9 Å². The number of hydrogen-bond donors (Lipinski definition) is 1. The van der Waals surface area contributed by atoms with Crippen LogP contribution in [0.15, 0.2) is 48.5 Å². The van der Waals surface area contributed by atoms with E-state index in [9.17, 15) is 22.4 Å². The largest absolute Gasteiger partial charge is 0.416 e. The lowest BCUT2D eigenvalue weighted by Gasteiger charge is -2.24. The normalized spacial score (nSPS) is 12.9. The predicted molar refractivity (Wildman–Crippen MR) is 91.0 cm³/mol. The summed E-state index contributed by atoms with van der Waals surface area (Å²) < 4.78 is 52.1. The third kappa shape index (κ3) is 5.05. The average molecular weight is 368 g/mol. The Morgan fingerprint density at radius 2 is 1.69 bits per heavy atom. The Morgan fingerprint density at radius 1 is 1.08 bits per heavy atom. The fraction of sp³-hybridized carbons (Fsp3) is 0.316. The summed E-state index contributed by atoms with van der Waals surface area (Å²) in [4.78, 5) is 14.1. The maximum Gasteiger partial charge on any atom is 0.416 e. The summed E-state index contributed by atoms with van der Waals surface area (Å²) in [6.07, 6.45) is -4.37. The lowest BCUT2D eigenvalue weighted by Crippen LogP contribution is -2.38. The zero-order valence-corrected chi connectivity index (χ0v) is 14.5. The van der Waals surface area contributed by atoms with Gasteiger partial charge >= 0.3 is 6.18 Å². The van der Waals surface area contributed by atoms with E-state index in [1.165, 1.54) is 42.5 Å². The summed E-state index contributed by atoms with van der Waals surface area (Å²) in [5.74, 6) is -0.762. The summed E-state index contributed by atoms with van der Waals surface area (Å²) >= 11 is 0. The molecule has 140 valence electrons. The molecule has 0 fully saturated rings. The molecule has 2 aromatic rings. The lowest BCUT2D eigenvalue weighted by atomic mass is 10.0. The van der Waals surface area contributed by atoms with E-state index in [0.717, 1.165) is 6.07 Å². The number of carbonyl (C=O) groups is 1. The van der Waals surface area contributed by atoms with Crippen LogP contribution in [0.3, 0.4) is 0 Å². The number of halogens is 4. The molecule has 0 heterocycles. The molecule has 0 aromatic heterocycles. The Hall–Kier alpha value is -2.41. The number of nitrogens with zero attached hydrogens (tertiary/aromatic N) is 1. The van der Waals surface area contributed by atoms with Crippen molar-refractivity contribution in [2.24, 2.45) is 0 Å². The minimum Gasteiger partial charge on any atom is -0.354 e. The van der Waals surface area contributed by atoms with Gasteiger partial charge < -0.3 is 5.32 Å². The SMILES string of the molecule is CN(C)[C@@H](C(=O)NCCc1ccccc1C(F)(F)F)c1ccc(F)cc1. The van der Waals surface area contributed by atoms with Crippen LogP contribution in [0.1, 0.15) is 22.7 Å².